The molecule has 1 fully saturated rings. The monoisotopic (exact) mass is 563 g/mol. The van der Waals surface area contributed by atoms with Gasteiger partial charge >= 0.3 is 18.0 Å². The third-order valence-corrected chi connectivity index (χ3v) is 6.22. The van der Waals surface area contributed by atoms with Crippen molar-refractivity contribution in [1.82, 2.24) is 34.3 Å². The fourth-order valence-electron chi connectivity index (χ4n) is 4.27. The molecule has 14 heteroatoms. The number of nitrogens with zero attached hydrogens (tertiary/aromatic N) is 5. The number of hydrogen-bond acceptors (Lipinski definition) is 6. The molecule has 0 bridgehead atoms. The van der Waals surface area contributed by atoms with E-state index >= 15 is 0 Å². The van der Waals surface area contributed by atoms with Crippen molar-refractivity contribution in [1.29, 1.82) is 0 Å². The third kappa shape index (κ3) is 7.50. The standard InChI is InChI=1S/C16H21N5O2.C11H12N4O3/c1-2-17-16(23)19-13-11-21-9-6-12(10-14(21)18-13)15(22)20-7-4-3-5-8-20;1-2-12-11(18)14-8-6-15-4-3-7(10(16)17)5-9(15)13-8/h6,9-11H,2-5,7-8H2,1H3,(H2,17,19,23);3-6H,2H2,1H3,(H,16,17)(H2,12,14,18). The molecule has 0 atom stereocenters. The van der Waals surface area contributed by atoms with Crippen LogP contribution in [0, 0.1) is 0 Å². The predicted octanol–water partition coefficient (Wildman–Crippen LogP) is 3.28. The molecular formula is C27H33N9O5. The molecule has 14 nitrogen and oxygen atoms in total. The molecule has 41 heavy (non-hydrogen) atoms. The Morgan fingerprint density at radius 2 is 1.27 bits per heavy atom. The molecule has 5 amide bonds. The molecule has 1 saturated heterocycles. The van der Waals surface area contributed by atoms with Gasteiger partial charge in [0.25, 0.3) is 5.91 Å². The van der Waals surface area contributed by atoms with Gasteiger partial charge in [0.05, 0.1) is 18.0 Å². The number of amides is 5. The normalized spacial score (nSPS) is 12.8. The Balaban J connectivity index is 0.000000195. The molecule has 5 rings (SSSR count). The third-order valence-electron chi connectivity index (χ3n) is 6.22. The Morgan fingerprint density at radius 3 is 1.76 bits per heavy atom. The van der Waals surface area contributed by atoms with Gasteiger partial charge in [-0.05, 0) is 57.4 Å². The van der Waals surface area contributed by atoms with E-state index in [1.54, 1.807) is 45.7 Å². The zero-order valence-corrected chi connectivity index (χ0v) is 22.9. The molecule has 5 heterocycles. The van der Waals surface area contributed by atoms with Crippen LogP contribution in [0.25, 0.3) is 11.3 Å². The maximum absolute atomic E-state index is 12.5. The van der Waals surface area contributed by atoms with E-state index in [9.17, 15) is 19.2 Å². The molecule has 0 radical (unpaired) electrons. The number of aromatic carboxylic acids is 1. The smallest absolute Gasteiger partial charge is 0.335 e. The summed E-state index contributed by atoms with van der Waals surface area (Å²) in [4.78, 5) is 56.5. The van der Waals surface area contributed by atoms with Gasteiger partial charge in [0.2, 0.25) is 0 Å². The van der Waals surface area contributed by atoms with E-state index in [1.165, 1.54) is 18.6 Å². The molecular weight excluding hydrogens is 530 g/mol. The summed E-state index contributed by atoms with van der Waals surface area (Å²) in [6.45, 7) is 6.37. The lowest BCUT2D eigenvalue weighted by Crippen LogP contribution is -2.35. The van der Waals surface area contributed by atoms with Gasteiger partial charge in [0.15, 0.2) is 11.6 Å². The first-order chi connectivity index (χ1) is 19.8. The number of carboxylic acid groups (broad SMARTS) is 1. The molecule has 216 valence electrons. The summed E-state index contributed by atoms with van der Waals surface area (Å²) >= 11 is 0. The van der Waals surface area contributed by atoms with Crippen molar-refractivity contribution in [2.24, 2.45) is 0 Å². The number of fused-ring (bicyclic) bond motifs is 2. The maximum Gasteiger partial charge on any atom is 0.335 e. The number of piperidine rings is 1. The molecule has 4 aromatic heterocycles. The van der Waals surface area contributed by atoms with Crippen LogP contribution in [0.4, 0.5) is 21.2 Å². The number of aromatic nitrogens is 4. The lowest BCUT2D eigenvalue weighted by atomic mass is 10.1. The van der Waals surface area contributed by atoms with E-state index in [4.69, 9.17) is 5.11 Å². The molecule has 0 aromatic carbocycles. The van der Waals surface area contributed by atoms with E-state index in [1.807, 2.05) is 18.7 Å². The van der Waals surface area contributed by atoms with Crippen LogP contribution in [0.3, 0.4) is 0 Å². The summed E-state index contributed by atoms with van der Waals surface area (Å²) in [5.74, 6) is -0.144. The van der Waals surface area contributed by atoms with E-state index in [-0.39, 0.29) is 23.5 Å². The topological polar surface area (TPSA) is 174 Å². The van der Waals surface area contributed by atoms with Gasteiger partial charge in [0.1, 0.15) is 11.3 Å². The van der Waals surface area contributed by atoms with Crippen LogP contribution < -0.4 is 21.3 Å². The number of pyridine rings is 2. The van der Waals surface area contributed by atoms with E-state index in [0.717, 1.165) is 25.9 Å². The fourth-order valence-corrected chi connectivity index (χ4v) is 4.27. The van der Waals surface area contributed by atoms with Crippen LogP contribution in [0.1, 0.15) is 53.8 Å². The highest BCUT2D eigenvalue weighted by Gasteiger charge is 2.19. The van der Waals surface area contributed by atoms with Gasteiger partial charge in [-0.3, -0.25) is 15.4 Å². The minimum absolute atomic E-state index is 0.0495. The number of urea groups is 2. The molecule has 1 aliphatic heterocycles. The Kier molecular flexibility index (Phi) is 9.35. The summed E-state index contributed by atoms with van der Waals surface area (Å²) in [5.41, 5.74) is 1.88. The van der Waals surface area contributed by atoms with Crippen LogP contribution in [0.15, 0.2) is 49.1 Å². The Hall–Kier alpha value is -5.14. The second-order valence-electron chi connectivity index (χ2n) is 9.24. The highest BCUT2D eigenvalue weighted by molar-refractivity contribution is 5.95. The number of likely N-dealkylation sites (tertiary alicyclic amines) is 1. The zero-order chi connectivity index (χ0) is 29.4. The second kappa shape index (κ2) is 13.3. The summed E-state index contributed by atoms with van der Waals surface area (Å²) in [6, 6.07) is 5.82. The van der Waals surface area contributed by atoms with Crippen LogP contribution in [0.5, 0.6) is 0 Å². The van der Waals surface area contributed by atoms with Crippen LogP contribution in [-0.2, 0) is 0 Å². The molecule has 1 aliphatic rings. The van der Waals surface area contributed by atoms with Crippen molar-refractivity contribution in [3.05, 3.63) is 60.2 Å². The number of carbonyl (C=O) groups is 4. The van der Waals surface area contributed by atoms with E-state index in [2.05, 4.69) is 31.2 Å². The second-order valence-corrected chi connectivity index (χ2v) is 9.24. The first-order valence-electron chi connectivity index (χ1n) is 13.4. The van der Waals surface area contributed by atoms with Gasteiger partial charge in [0, 0.05) is 44.1 Å². The lowest BCUT2D eigenvalue weighted by molar-refractivity contribution is 0.0694. The van der Waals surface area contributed by atoms with Crippen LogP contribution >= 0.6 is 0 Å². The minimum Gasteiger partial charge on any atom is -0.478 e. The minimum atomic E-state index is -1.02. The fraction of sp³-hybridized carbons (Fsp3) is 0.333. The van der Waals surface area contributed by atoms with Crippen molar-refractivity contribution in [3.63, 3.8) is 0 Å². The summed E-state index contributed by atoms with van der Waals surface area (Å²) < 4.78 is 3.42. The Labute approximate surface area is 235 Å². The number of hydrogen-bond donors (Lipinski definition) is 5. The largest absolute Gasteiger partial charge is 0.478 e. The van der Waals surface area contributed by atoms with Crippen molar-refractivity contribution in [3.8, 4) is 0 Å². The van der Waals surface area contributed by atoms with Gasteiger partial charge < -0.3 is 29.4 Å². The van der Waals surface area contributed by atoms with E-state index in [0.29, 0.717) is 41.6 Å². The van der Waals surface area contributed by atoms with Crippen molar-refractivity contribution >= 4 is 46.9 Å². The van der Waals surface area contributed by atoms with Gasteiger partial charge in [-0.1, -0.05) is 0 Å². The average molecular weight is 564 g/mol. The number of imidazole rings is 2. The Bertz CT molecular complexity index is 1560. The SMILES string of the molecule is CCNC(=O)Nc1cn2ccc(C(=O)N3CCCCC3)cc2n1.CCNC(=O)Nc1cn2ccc(C(=O)O)cc2n1. The van der Waals surface area contributed by atoms with Crippen molar-refractivity contribution < 1.29 is 24.3 Å². The molecule has 5 N–H and O–H groups in total. The van der Waals surface area contributed by atoms with E-state index < -0.39 is 5.97 Å². The highest BCUT2D eigenvalue weighted by Crippen LogP contribution is 2.16. The molecule has 0 unspecified atom stereocenters. The summed E-state index contributed by atoms with van der Waals surface area (Å²) in [5, 5.41) is 19.3. The number of carbonyl (C=O) groups excluding carboxylic acids is 3. The number of carboxylic acids is 1. The van der Waals surface area contributed by atoms with Crippen molar-refractivity contribution in [2.75, 3.05) is 36.8 Å². The average Bonchev–Trinajstić information content (AvgIpc) is 3.55. The molecule has 0 saturated carbocycles. The lowest BCUT2D eigenvalue weighted by Gasteiger charge is -2.26. The zero-order valence-electron chi connectivity index (χ0n) is 22.9. The summed E-state index contributed by atoms with van der Waals surface area (Å²) in [6.07, 6.45) is 10.0. The first-order valence-corrected chi connectivity index (χ1v) is 13.4. The number of rotatable bonds is 6. The number of nitrogens with one attached hydrogen (secondary N) is 4. The first kappa shape index (κ1) is 28.9. The molecule has 4 aromatic rings. The van der Waals surface area contributed by atoms with Crippen LogP contribution in [-0.4, -0.2) is 78.9 Å². The molecule has 0 spiro atoms. The maximum atomic E-state index is 12.5. The van der Waals surface area contributed by atoms with Crippen LogP contribution in [0.2, 0.25) is 0 Å². The highest BCUT2D eigenvalue weighted by atomic mass is 16.4. The molecule has 0 aliphatic carbocycles. The van der Waals surface area contributed by atoms with Gasteiger partial charge in [-0.25, -0.2) is 24.4 Å². The number of anilines is 2. The van der Waals surface area contributed by atoms with Gasteiger partial charge in [-0.2, -0.15) is 0 Å². The van der Waals surface area contributed by atoms with Gasteiger partial charge in [-0.15, -0.1) is 0 Å². The Morgan fingerprint density at radius 1 is 0.780 bits per heavy atom. The summed E-state index contributed by atoms with van der Waals surface area (Å²) in [7, 11) is 0. The quantitative estimate of drug-likeness (QED) is 0.239. The predicted molar refractivity (Wildman–Crippen MR) is 152 cm³/mol. The van der Waals surface area contributed by atoms with Crippen molar-refractivity contribution in [2.45, 2.75) is 33.1 Å².